The predicted molar refractivity (Wildman–Crippen MR) is 92.2 cm³/mol. The second kappa shape index (κ2) is 6.83. The van der Waals surface area contributed by atoms with Gasteiger partial charge in [0.1, 0.15) is 5.75 Å². The Morgan fingerprint density at radius 2 is 1.83 bits per heavy atom. The van der Waals surface area contributed by atoms with Crippen LogP contribution in [0.3, 0.4) is 0 Å². The lowest BCUT2D eigenvalue weighted by Crippen LogP contribution is -2.57. The monoisotopic (exact) mass is 333 g/mol. The number of carboxylic acid groups (broad SMARTS) is 1. The van der Waals surface area contributed by atoms with E-state index in [-0.39, 0.29) is 17.7 Å². The zero-order valence-electron chi connectivity index (χ0n) is 14.9. The van der Waals surface area contributed by atoms with Crippen LogP contribution in [0.15, 0.2) is 24.3 Å². The highest BCUT2D eigenvalue weighted by Crippen LogP contribution is 2.35. The van der Waals surface area contributed by atoms with Gasteiger partial charge >= 0.3 is 5.97 Å². The second-order valence-electron chi connectivity index (χ2n) is 7.73. The van der Waals surface area contributed by atoms with Gasteiger partial charge in [0.25, 0.3) is 5.91 Å². The van der Waals surface area contributed by atoms with Crippen molar-refractivity contribution < 1.29 is 19.4 Å². The summed E-state index contributed by atoms with van der Waals surface area (Å²) >= 11 is 0. The van der Waals surface area contributed by atoms with Gasteiger partial charge in [-0.2, -0.15) is 0 Å². The highest BCUT2D eigenvalue weighted by molar-refractivity contribution is 5.82. The van der Waals surface area contributed by atoms with Crippen molar-refractivity contribution in [3.63, 3.8) is 0 Å². The summed E-state index contributed by atoms with van der Waals surface area (Å²) < 4.78 is 5.70. The van der Waals surface area contributed by atoms with Crippen molar-refractivity contribution in [2.24, 2.45) is 0 Å². The first-order valence-electron chi connectivity index (χ1n) is 8.42. The highest BCUT2D eigenvalue weighted by atomic mass is 16.5. The molecule has 0 spiro atoms. The summed E-state index contributed by atoms with van der Waals surface area (Å²) in [5, 5.41) is 11.9. The molecule has 5 nitrogen and oxygen atoms in total. The third-order valence-corrected chi connectivity index (χ3v) is 4.59. The van der Waals surface area contributed by atoms with E-state index >= 15 is 0 Å². The quantitative estimate of drug-likeness (QED) is 0.838. The molecule has 0 aliphatic heterocycles. The topological polar surface area (TPSA) is 75.6 Å². The molecule has 1 aromatic carbocycles. The van der Waals surface area contributed by atoms with Gasteiger partial charge < -0.3 is 15.2 Å². The molecule has 0 aromatic heterocycles. The highest BCUT2D eigenvalue weighted by Gasteiger charge is 2.41. The van der Waals surface area contributed by atoms with E-state index < -0.39 is 17.6 Å². The minimum Gasteiger partial charge on any atom is -0.481 e. The molecule has 1 atom stereocenters. The summed E-state index contributed by atoms with van der Waals surface area (Å²) in [6.07, 6.45) is 1.65. The number of ether oxygens (including phenoxy) is 1. The van der Waals surface area contributed by atoms with Gasteiger partial charge in [-0.1, -0.05) is 32.9 Å². The third-order valence-electron chi connectivity index (χ3n) is 4.59. The molecular weight excluding hydrogens is 306 g/mol. The van der Waals surface area contributed by atoms with Crippen LogP contribution in [0.2, 0.25) is 0 Å². The number of hydrogen-bond acceptors (Lipinski definition) is 3. The largest absolute Gasteiger partial charge is 0.481 e. The lowest BCUT2D eigenvalue weighted by atomic mass is 9.74. The van der Waals surface area contributed by atoms with Crippen molar-refractivity contribution >= 4 is 11.9 Å². The fraction of sp³-hybridized carbons (Fsp3) is 0.579. The molecule has 2 rings (SSSR count). The molecule has 1 amide bonds. The predicted octanol–water partition coefficient (Wildman–Crippen LogP) is 3.27. The number of benzene rings is 1. The molecule has 1 unspecified atom stereocenters. The normalized spacial score (nSPS) is 17.5. The molecule has 5 heteroatoms. The maximum absolute atomic E-state index is 12.3. The Kier molecular flexibility index (Phi) is 5.21. The van der Waals surface area contributed by atoms with Crippen molar-refractivity contribution in [1.29, 1.82) is 0 Å². The van der Waals surface area contributed by atoms with Crippen LogP contribution in [-0.2, 0) is 15.0 Å². The molecule has 1 saturated carbocycles. The lowest BCUT2D eigenvalue weighted by Gasteiger charge is -2.42. The number of carboxylic acids is 1. The number of carbonyl (C=O) groups is 2. The molecule has 24 heavy (non-hydrogen) atoms. The maximum Gasteiger partial charge on any atom is 0.305 e. The van der Waals surface area contributed by atoms with Gasteiger partial charge in [-0.05, 0) is 49.3 Å². The smallest absolute Gasteiger partial charge is 0.305 e. The van der Waals surface area contributed by atoms with E-state index in [4.69, 9.17) is 9.84 Å². The van der Waals surface area contributed by atoms with Crippen LogP contribution in [0, 0.1) is 0 Å². The molecule has 0 bridgehead atoms. The Hall–Kier alpha value is -2.04. The second-order valence-corrected chi connectivity index (χ2v) is 7.73. The van der Waals surface area contributed by atoms with Crippen LogP contribution in [0.1, 0.15) is 58.9 Å². The van der Waals surface area contributed by atoms with E-state index in [0.717, 1.165) is 6.42 Å². The van der Waals surface area contributed by atoms with E-state index in [9.17, 15) is 9.59 Å². The maximum atomic E-state index is 12.3. The molecule has 0 saturated heterocycles. The van der Waals surface area contributed by atoms with Crippen LogP contribution in [0.5, 0.6) is 5.75 Å². The van der Waals surface area contributed by atoms with Crippen molar-refractivity contribution in [2.75, 3.05) is 0 Å². The lowest BCUT2D eigenvalue weighted by molar-refractivity contribution is -0.141. The van der Waals surface area contributed by atoms with Crippen LogP contribution in [0.25, 0.3) is 0 Å². The van der Waals surface area contributed by atoms with E-state index in [0.29, 0.717) is 18.6 Å². The van der Waals surface area contributed by atoms with E-state index in [1.807, 2.05) is 24.3 Å². The number of carbonyl (C=O) groups excluding carboxylic acids is 1. The average Bonchev–Trinajstić information content (AvgIpc) is 2.43. The SMILES string of the molecule is CC(Oc1ccc(C(C)(C)C)cc1)C(=O)NC1(CC(=O)O)CCC1. The first-order valence-corrected chi connectivity index (χ1v) is 8.42. The summed E-state index contributed by atoms with van der Waals surface area (Å²) in [6.45, 7) is 8.10. The van der Waals surface area contributed by atoms with E-state index in [1.54, 1.807) is 6.92 Å². The zero-order valence-corrected chi connectivity index (χ0v) is 14.9. The van der Waals surface area contributed by atoms with Crippen LogP contribution in [0.4, 0.5) is 0 Å². The van der Waals surface area contributed by atoms with Crippen molar-refractivity contribution in [1.82, 2.24) is 5.32 Å². The van der Waals surface area contributed by atoms with Crippen LogP contribution < -0.4 is 10.1 Å². The Bertz CT molecular complexity index is 597. The average molecular weight is 333 g/mol. The first kappa shape index (κ1) is 18.3. The first-order chi connectivity index (χ1) is 11.1. The molecular formula is C19H27NO4. The van der Waals surface area contributed by atoms with Gasteiger partial charge in [-0.15, -0.1) is 0 Å². The summed E-state index contributed by atoms with van der Waals surface area (Å²) in [6, 6.07) is 7.72. The number of amides is 1. The van der Waals surface area contributed by atoms with Gasteiger partial charge in [0.05, 0.1) is 12.0 Å². The van der Waals surface area contributed by atoms with Crippen molar-refractivity contribution in [3.05, 3.63) is 29.8 Å². The molecule has 0 radical (unpaired) electrons. The molecule has 1 aliphatic rings. The Labute approximate surface area is 143 Å². The van der Waals surface area contributed by atoms with Gasteiger partial charge in [0, 0.05) is 0 Å². The van der Waals surface area contributed by atoms with Gasteiger partial charge in [-0.3, -0.25) is 9.59 Å². The van der Waals surface area contributed by atoms with E-state index in [2.05, 4.69) is 26.1 Å². The standard InChI is InChI=1S/C19H27NO4/c1-13(17(23)20-19(10-5-11-19)12-16(21)22)24-15-8-6-14(7-9-15)18(2,3)4/h6-9,13H,5,10-12H2,1-4H3,(H,20,23)(H,21,22). The number of hydrogen-bond donors (Lipinski definition) is 2. The summed E-state index contributed by atoms with van der Waals surface area (Å²) in [7, 11) is 0. The third kappa shape index (κ3) is 4.49. The number of aliphatic carboxylic acids is 1. The summed E-state index contributed by atoms with van der Waals surface area (Å²) in [5.41, 5.74) is 0.660. The van der Waals surface area contributed by atoms with Gasteiger partial charge in [-0.25, -0.2) is 0 Å². The molecule has 1 fully saturated rings. The Morgan fingerprint density at radius 3 is 2.25 bits per heavy atom. The number of nitrogens with one attached hydrogen (secondary N) is 1. The fourth-order valence-corrected chi connectivity index (χ4v) is 2.89. The number of rotatable bonds is 6. The molecule has 2 N–H and O–H groups in total. The Morgan fingerprint density at radius 1 is 1.25 bits per heavy atom. The van der Waals surface area contributed by atoms with Crippen molar-refractivity contribution in [3.8, 4) is 5.75 Å². The summed E-state index contributed by atoms with van der Waals surface area (Å²) in [5.74, 6) is -0.524. The zero-order chi connectivity index (χ0) is 18.0. The minimum absolute atomic E-state index is 0.0360. The molecule has 0 heterocycles. The molecule has 132 valence electrons. The fourth-order valence-electron chi connectivity index (χ4n) is 2.89. The molecule has 1 aromatic rings. The molecule has 1 aliphatic carbocycles. The van der Waals surface area contributed by atoms with Gasteiger partial charge in [0.2, 0.25) is 0 Å². The van der Waals surface area contributed by atoms with Crippen LogP contribution >= 0.6 is 0 Å². The van der Waals surface area contributed by atoms with Gasteiger partial charge in [0.15, 0.2) is 6.10 Å². The van der Waals surface area contributed by atoms with Crippen molar-refractivity contribution in [2.45, 2.75) is 70.4 Å². The van der Waals surface area contributed by atoms with Crippen LogP contribution in [-0.4, -0.2) is 28.6 Å². The van der Waals surface area contributed by atoms with E-state index in [1.165, 1.54) is 5.56 Å². The Balaban J connectivity index is 1.95. The summed E-state index contributed by atoms with van der Waals surface area (Å²) in [4.78, 5) is 23.3. The minimum atomic E-state index is -0.888.